The summed E-state index contributed by atoms with van der Waals surface area (Å²) in [7, 11) is 0. The number of carbonyl (C=O) groups is 2. The van der Waals surface area contributed by atoms with Crippen LogP contribution in [0, 0.1) is 11.8 Å². The van der Waals surface area contributed by atoms with Gasteiger partial charge in [-0.2, -0.15) is 0 Å². The molecule has 0 unspecified atom stereocenters. The van der Waals surface area contributed by atoms with Crippen LogP contribution in [-0.2, 0) is 9.59 Å². The molecule has 2 aliphatic rings. The zero-order valence-electron chi connectivity index (χ0n) is 17.8. The third kappa shape index (κ3) is 5.48. The molecule has 2 N–H and O–H groups in total. The zero-order chi connectivity index (χ0) is 21.8. The van der Waals surface area contributed by atoms with Crippen molar-refractivity contribution in [2.24, 2.45) is 11.8 Å². The van der Waals surface area contributed by atoms with Crippen LogP contribution in [0.4, 0.5) is 11.5 Å². The third-order valence-electron chi connectivity index (χ3n) is 6.67. The van der Waals surface area contributed by atoms with Gasteiger partial charge in [-0.05, 0) is 61.8 Å². The number of rotatable bonds is 6. The maximum absolute atomic E-state index is 12.7. The molecule has 0 radical (unpaired) electrons. The first kappa shape index (κ1) is 21.9. The number of amides is 1. The lowest BCUT2D eigenvalue weighted by atomic mass is 9.87. The summed E-state index contributed by atoms with van der Waals surface area (Å²) in [5.74, 6) is 0.876. The van der Waals surface area contributed by atoms with Crippen LogP contribution in [0.25, 0.3) is 10.9 Å². The first-order chi connectivity index (χ1) is 15.0. The third-order valence-corrected chi connectivity index (χ3v) is 6.99. The van der Waals surface area contributed by atoms with E-state index in [1.165, 1.54) is 19.3 Å². The van der Waals surface area contributed by atoms with Gasteiger partial charge in [0.05, 0.1) is 16.2 Å². The minimum absolute atomic E-state index is 0.0193. The Balaban J connectivity index is 1.46. The van der Waals surface area contributed by atoms with Crippen molar-refractivity contribution in [3.05, 3.63) is 29.3 Å². The fourth-order valence-corrected chi connectivity index (χ4v) is 5.14. The van der Waals surface area contributed by atoms with Crippen molar-refractivity contribution in [3.63, 3.8) is 0 Å². The topological polar surface area (TPSA) is 82.5 Å². The summed E-state index contributed by atoms with van der Waals surface area (Å²) in [5, 5.41) is 13.4. The second kappa shape index (κ2) is 9.86. The first-order valence-corrected chi connectivity index (χ1v) is 11.7. The van der Waals surface area contributed by atoms with Crippen molar-refractivity contribution < 1.29 is 14.7 Å². The molecule has 1 saturated carbocycles. The highest BCUT2D eigenvalue weighted by Crippen LogP contribution is 2.34. The SMILES string of the molecule is O=C(O)CC1CCN(c2ccc3c(NC(=O)CC4CCCCC4)c(Cl)ccc3n2)CC1. The van der Waals surface area contributed by atoms with Gasteiger partial charge in [-0.15, -0.1) is 0 Å². The average Bonchev–Trinajstić information content (AvgIpc) is 2.76. The first-order valence-electron chi connectivity index (χ1n) is 11.4. The van der Waals surface area contributed by atoms with Crippen LogP contribution in [0.3, 0.4) is 0 Å². The molecule has 6 nitrogen and oxygen atoms in total. The normalized spacial score (nSPS) is 18.3. The Bertz CT molecular complexity index is 950. The molecule has 1 aromatic carbocycles. The number of carbonyl (C=O) groups excluding carboxylic acids is 1. The van der Waals surface area contributed by atoms with Crippen molar-refractivity contribution in [2.45, 2.75) is 57.8 Å². The van der Waals surface area contributed by atoms with Crippen LogP contribution in [-0.4, -0.2) is 35.1 Å². The fourth-order valence-electron chi connectivity index (χ4n) is 4.93. The van der Waals surface area contributed by atoms with Crippen LogP contribution in [0.5, 0.6) is 0 Å². The van der Waals surface area contributed by atoms with Gasteiger partial charge in [0.2, 0.25) is 5.91 Å². The number of hydrogen-bond acceptors (Lipinski definition) is 4. The minimum Gasteiger partial charge on any atom is -0.481 e. The van der Waals surface area contributed by atoms with Gasteiger partial charge in [-0.25, -0.2) is 4.98 Å². The van der Waals surface area contributed by atoms with E-state index in [-0.39, 0.29) is 18.2 Å². The highest BCUT2D eigenvalue weighted by Gasteiger charge is 2.23. The summed E-state index contributed by atoms with van der Waals surface area (Å²) < 4.78 is 0. The number of halogens is 1. The molecular weight excluding hydrogens is 414 g/mol. The standard InChI is InChI=1S/C24H30ClN3O3/c25-19-7-8-20-18(24(19)27-22(29)14-16-4-2-1-3-5-16)6-9-21(26-20)28-12-10-17(11-13-28)15-23(30)31/h6-9,16-17H,1-5,10-15H2,(H,27,29)(H,30,31). The summed E-state index contributed by atoms with van der Waals surface area (Å²) in [6.45, 7) is 1.60. The number of nitrogens with one attached hydrogen (secondary N) is 1. The fraction of sp³-hybridized carbons (Fsp3) is 0.542. The summed E-state index contributed by atoms with van der Waals surface area (Å²) in [6, 6.07) is 7.61. The lowest BCUT2D eigenvalue weighted by Crippen LogP contribution is -2.34. The van der Waals surface area contributed by atoms with Crippen molar-refractivity contribution >= 4 is 45.9 Å². The molecule has 7 heteroatoms. The lowest BCUT2D eigenvalue weighted by molar-refractivity contribution is -0.138. The van der Waals surface area contributed by atoms with Gasteiger partial charge in [-0.1, -0.05) is 30.9 Å². The van der Waals surface area contributed by atoms with E-state index in [0.717, 1.165) is 55.5 Å². The molecule has 31 heavy (non-hydrogen) atoms. The maximum Gasteiger partial charge on any atom is 0.303 e. The number of fused-ring (bicyclic) bond motifs is 1. The number of carboxylic acids is 1. The molecule has 1 aliphatic heterocycles. The number of pyridine rings is 1. The molecule has 2 heterocycles. The lowest BCUT2D eigenvalue weighted by Gasteiger charge is -2.32. The zero-order valence-corrected chi connectivity index (χ0v) is 18.5. The van der Waals surface area contributed by atoms with Gasteiger partial charge < -0.3 is 15.3 Å². The van der Waals surface area contributed by atoms with Crippen LogP contribution in [0.15, 0.2) is 24.3 Å². The molecule has 4 rings (SSSR count). The number of anilines is 2. The highest BCUT2D eigenvalue weighted by atomic mass is 35.5. The van der Waals surface area contributed by atoms with Gasteiger partial charge in [0.25, 0.3) is 0 Å². The molecule has 1 saturated heterocycles. The molecule has 2 aromatic rings. The van der Waals surface area contributed by atoms with Gasteiger partial charge in [0, 0.05) is 31.3 Å². The number of aliphatic carboxylic acids is 1. The summed E-state index contributed by atoms with van der Waals surface area (Å²) in [4.78, 5) is 30.6. The molecule has 0 bridgehead atoms. The summed E-state index contributed by atoms with van der Waals surface area (Å²) >= 11 is 6.44. The maximum atomic E-state index is 12.7. The van der Waals surface area contributed by atoms with Gasteiger partial charge >= 0.3 is 5.97 Å². The Morgan fingerprint density at radius 2 is 1.71 bits per heavy atom. The highest BCUT2D eigenvalue weighted by molar-refractivity contribution is 6.35. The van der Waals surface area contributed by atoms with Gasteiger partial charge in [0.1, 0.15) is 5.82 Å². The van der Waals surface area contributed by atoms with E-state index in [1.54, 1.807) is 6.07 Å². The quantitative estimate of drug-likeness (QED) is 0.616. The minimum atomic E-state index is -0.725. The number of nitrogens with zero attached hydrogens (tertiary/aromatic N) is 2. The van der Waals surface area contributed by atoms with E-state index < -0.39 is 5.97 Å². The predicted molar refractivity (Wildman–Crippen MR) is 124 cm³/mol. The molecule has 1 aromatic heterocycles. The largest absolute Gasteiger partial charge is 0.481 e. The number of hydrogen-bond donors (Lipinski definition) is 2. The van der Waals surface area contributed by atoms with E-state index in [9.17, 15) is 9.59 Å². The summed E-state index contributed by atoms with van der Waals surface area (Å²) in [5.41, 5.74) is 1.43. The second-order valence-electron chi connectivity index (χ2n) is 8.94. The molecular formula is C24H30ClN3O3. The Labute approximate surface area is 188 Å². The molecule has 0 atom stereocenters. The number of benzene rings is 1. The van der Waals surface area contributed by atoms with Crippen LogP contribution in [0.1, 0.15) is 57.8 Å². The Hall–Kier alpha value is -2.34. The number of carboxylic acid groups (broad SMARTS) is 1. The Morgan fingerprint density at radius 3 is 2.42 bits per heavy atom. The predicted octanol–water partition coefficient (Wildman–Crippen LogP) is 5.49. The van der Waals surface area contributed by atoms with Crippen LogP contribution < -0.4 is 10.2 Å². The van der Waals surface area contributed by atoms with E-state index in [1.807, 2.05) is 18.2 Å². The van der Waals surface area contributed by atoms with E-state index in [0.29, 0.717) is 23.0 Å². The molecule has 0 spiro atoms. The van der Waals surface area contributed by atoms with Crippen molar-refractivity contribution in [1.29, 1.82) is 0 Å². The molecule has 1 amide bonds. The summed E-state index contributed by atoms with van der Waals surface area (Å²) in [6.07, 6.45) is 8.46. The van der Waals surface area contributed by atoms with Gasteiger partial charge in [-0.3, -0.25) is 9.59 Å². The monoisotopic (exact) mass is 443 g/mol. The van der Waals surface area contributed by atoms with E-state index >= 15 is 0 Å². The smallest absolute Gasteiger partial charge is 0.303 e. The molecule has 1 aliphatic carbocycles. The number of aromatic nitrogens is 1. The Morgan fingerprint density at radius 1 is 1.00 bits per heavy atom. The average molecular weight is 444 g/mol. The van der Waals surface area contributed by atoms with E-state index in [2.05, 4.69) is 10.2 Å². The van der Waals surface area contributed by atoms with E-state index in [4.69, 9.17) is 21.7 Å². The van der Waals surface area contributed by atoms with Crippen LogP contribution in [0.2, 0.25) is 5.02 Å². The van der Waals surface area contributed by atoms with Crippen LogP contribution >= 0.6 is 11.6 Å². The molecule has 2 fully saturated rings. The van der Waals surface area contributed by atoms with Crippen molar-refractivity contribution in [2.75, 3.05) is 23.3 Å². The Kier molecular flexibility index (Phi) is 6.96. The second-order valence-corrected chi connectivity index (χ2v) is 9.35. The number of piperidine rings is 1. The van der Waals surface area contributed by atoms with Crippen molar-refractivity contribution in [1.82, 2.24) is 4.98 Å². The van der Waals surface area contributed by atoms with Crippen molar-refractivity contribution in [3.8, 4) is 0 Å². The van der Waals surface area contributed by atoms with Gasteiger partial charge in [0.15, 0.2) is 0 Å². The molecule has 166 valence electrons.